The molecule has 3 heterocycles. The third kappa shape index (κ3) is 3.59. The Balaban J connectivity index is 1.55. The molecule has 31 heavy (non-hydrogen) atoms. The number of nitrogens with zero attached hydrogens (tertiary/aromatic N) is 3. The number of rotatable bonds is 4. The number of hydrogen-bond acceptors (Lipinski definition) is 5. The monoisotopic (exact) mass is 421 g/mol. The van der Waals surface area contributed by atoms with E-state index in [1.54, 1.807) is 29.3 Å². The van der Waals surface area contributed by atoms with Gasteiger partial charge in [-0.2, -0.15) is 0 Å². The lowest BCUT2D eigenvalue weighted by molar-refractivity contribution is -0.836. The Morgan fingerprint density at radius 2 is 1.94 bits per heavy atom. The number of ketones is 1. The third-order valence-corrected chi connectivity index (χ3v) is 6.00. The highest BCUT2D eigenvalue weighted by molar-refractivity contribution is 6.45. The molecule has 0 saturated carbocycles. The van der Waals surface area contributed by atoms with Gasteiger partial charge in [0, 0.05) is 12.4 Å². The van der Waals surface area contributed by atoms with Gasteiger partial charge in [-0.3, -0.25) is 14.1 Å². The number of carbonyl (C=O) groups is 3. The summed E-state index contributed by atoms with van der Waals surface area (Å²) in [5.74, 6) is -0.710. The summed E-state index contributed by atoms with van der Waals surface area (Å²) in [5.41, 5.74) is 1.37. The topological polar surface area (TPSA) is 92.4 Å². The fourth-order valence-corrected chi connectivity index (χ4v) is 4.32. The van der Waals surface area contributed by atoms with E-state index in [1.807, 2.05) is 32.2 Å². The molecule has 2 unspecified atom stereocenters. The van der Waals surface area contributed by atoms with Crippen molar-refractivity contribution in [3.05, 3.63) is 59.9 Å². The average molecular weight is 421 g/mol. The lowest BCUT2D eigenvalue weighted by Crippen LogP contribution is -2.65. The number of nitrogens with one attached hydrogen (secondary N) is 1. The number of aromatic nitrogens is 2. The van der Waals surface area contributed by atoms with Crippen LogP contribution in [0.15, 0.2) is 48.8 Å². The van der Waals surface area contributed by atoms with E-state index in [1.165, 1.54) is 13.3 Å². The van der Waals surface area contributed by atoms with Crippen molar-refractivity contribution >= 4 is 28.6 Å². The van der Waals surface area contributed by atoms with Crippen LogP contribution in [-0.4, -0.2) is 76.8 Å². The van der Waals surface area contributed by atoms with Crippen molar-refractivity contribution < 1.29 is 23.6 Å². The van der Waals surface area contributed by atoms with Gasteiger partial charge >= 0.3 is 5.91 Å². The van der Waals surface area contributed by atoms with Gasteiger partial charge in [0.15, 0.2) is 0 Å². The average Bonchev–Trinajstić information content (AvgIpc) is 3.22. The molecule has 1 saturated heterocycles. The second-order valence-corrected chi connectivity index (χ2v) is 8.09. The molecule has 0 aliphatic carbocycles. The summed E-state index contributed by atoms with van der Waals surface area (Å²) < 4.78 is 5.53. The number of methoxy groups -OCH3 is 1. The lowest BCUT2D eigenvalue weighted by atomic mass is 10.0. The van der Waals surface area contributed by atoms with E-state index in [0.29, 0.717) is 42.0 Å². The normalized spacial score (nSPS) is 21.1. The number of Topliss-reactive ketones (excluding diaryl/α,β-unsaturated/α-hetero) is 1. The van der Waals surface area contributed by atoms with Crippen molar-refractivity contribution in [3.63, 3.8) is 0 Å². The van der Waals surface area contributed by atoms with Crippen LogP contribution in [0.2, 0.25) is 0 Å². The molecular formula is C23H25N4O4+. The number of piperazine rings is 1. The Morgan fingerprint density at radius 3 is 2.61 bits per heavy atom. The molecule has 3 aromatic rings. The molecule has 4 rings (SSSR count). The van der Waals surface area contributed by atoms with Gasteiger partial charge in [-0.05, 0) is 25.1 Å². The van der Waals surface area contributed by atoms with Gasteiger partial charge in [0.2, 0.25) is 0 Å². The van der Waals surface area contributed by atoms with Crippen molar-refractivity contribution in [2.75, 3.05) is 33.8 Å². The summed E-state index contributed by atoms with van der Waals surface area (Å²) >= 11 is 0. The van der Waals surface area contributed by atoms with E-state index in [9.17, 15) is 14.4 Å². The summed E-state index contributed by atoms with van der Waals surface area (Å²) in [6.07, 6.45) is 3.07. The zero-order valence-corrected chi connectivity index (χ0v) is 17.8. The molecule has 1 N–H and O–H groups in total. The molecule has 8 heteroatoms. The molecule has 160 valence electrons. The van der Waals surface area contributed by atoms with E-state index in [4.69, 9.17) is 4.74 Å². The Morgan fingerprint density at radius 1 is 1.19 bits per heavy atom. The predicted molar refractivity (Wildman–Crippen MR) is 115 cm³/mol. The van der Waals surface area contributed by atoms with Gasteiger partial charge < -0.3 is 14.6 Å². The van der Waals surface area contributed by atoms with E-state index < -0.39 is 11.7 Å². The van der Waals surface area contributed by atoms with E-state index in [2.05, 4.69) is 9.97 Å². The molecule has 1 aliphatic heterocycles. The first kappa shape index (κ1) is 20.7. The standard InChI is InChI=1S/C23H24N4O4/c1-15-14-27(2,23(30)16-7-5-4-6-8-16)12-11-26(15)22(29)20(28)17-13-25-21-19(17)18(31-3)9-10-24-21/h4-10,13,15H,11-12,14H2,1-3H3/p+1. The molecule has 1 aliphatic rings. The molecule has 0 spiro atoms. The highest BCUT2D eigenvalue weighted by atomic mass is 16.5. The van der Waals surface area contributed by atoms with Crippen LogP contribution in [0.25, 0.3) is 11.0 Å². The number of amides is 2. The molecule has 2 aromatic heterocycles. The molecule has 1 aromatic carbocycles. The number of ether oxygens (including phenoxy) is 1. The summed E-state index contributed by atoms with van der Waals surface area (Å²) in [6.45, 7) is 3.07. The minimum Gasteiger partial charge on any atom is -0.496 e. The number of likely N-dealkylation sites (N-methyl/N-ethyl adjacent to an activating group) is 1. The maximum Gasteiger partial charge on any atom is 0.345 e. The van der Waals surface area contributed by atoms with Crippen molar-refractivity contribution in [2.24, 2.45) is 0 Å². The number of carbonyl (C=O) groups excluding carboxylic acids is 3. The Labute approximate surface area is 180 Å². The number of benzene rings is 1. The number of H-pyrrole nitrogens is 1. The number of aromatic amines is 1. The van der Waals surface area contributed by atoms with Gasteiger partial charge in [0.1, 0.15) is 24.5 Å². The van der Waals surface area contributed by atoms with Gasteiger partial charge in [0.05, 0.1) is 43.3 Å². The van der Waals surface area contributed by atoms with Crippen LogP contribution < -0.4 is 4.74 Å². The highest BCUT2D eigenvalue weighted by Crippen LogP contribution is 2.28. The molecule has 1 fully saturated rings. The minimum atomic E-state index is -0.616. The zero-order valence-electron chi connectivity index (χ0n) is 17.8. The first-order valence-corrected chi connectivity index (χ1v) is 10.2. The van der Waals surface area contributed by atoms with Gasteiger partial charge in [-0.25, -0.2) is 9.78 Å². The summed E-state index contributed by atoms with van der Waals surface area (Å²) in [6, 6.07) is 10.5. The van der Waals surface area contributed by atoms with Crippen molar-refractivity contribution in [1.29, 1.82) is 0 Å². The summed E-state index contributed by atoms with van der Waals surface area (Å²) in [5, 5.41) is 0.493. The maximum absolute atomic E-state index is 13.1. The molecule has 0 radical (unpaired) electrons. The molecule has 2 atom stereocenters. The van der Waals surface area contributed by atoms with E-state index in [0.717, 1.165) is 0 Å². The molecule has 2 amide bonds. The van der Waals surface area contributed by atoms with Crippen molar-refractivity contribution in [2.45, 2.75) is 13.0 Å². The van der Waals surface area contributed by atoms with Crippen molar-refractivity contribution in [3.8, 4) is 5.75 Å². The van der Waals surface area contributed by atoms with Crippen LogP contribution in [0.5, 0.6) is 5.75 Å². The minimum absolute atomic E-state index is 0.0123. The van der Waals surface area contributed by atoms with Crippen LogP contribution in [0.3, 0.4) is 0 Å². The van der Waals surface area contributed by atoms with Crippen LogP contribution >= 0.6 is 0 Å². The predicted octanol–water partition coefficient (Wildman–Crippen LogP) is 2.27. The molecule has 0 bridgehead atoms. The SMILES string of the molecule is COc1ccnc2[nH]cc(C(=O)C(=O)N3CC[N+](C)(C(=O)c4ccccc4)CC3C)c12. The Bertz CT molecular complexity index is 1160. The van der Waals surface area contributed by atoms with Crippen LogP contribution in [-0.2, 0) is 4.79 Å². The van der Waals surface area contributed by atoms with Crippen LogP contribution in [0.1, 0.15) is 27.6 Å². The zero-order chi connectivity index (χ0) is 22.2. The largest absolute Gasteiger partial charge is 0.496 e. The van der Waals surface area contributed by atoms with Crippen LogP contribution in [0, 0.1) is 0 Å². The van der Waals surface area contributed by atoms with Gasteiger partial charge in [-0.15, -0.1) is 0 Å². The fraction of sp³-hybridized carbons (Fsp3) is 0.304. The number of hydrogen-bond donors (Lipinski definition) is 1. The van der Waals surface area contributed by atoms with Crippen molar-refractivity contribution in [1.82, 2.24) is 14.9 Å². The van der Waals surface area contributed by atoms with Crippen LogP contribution in [0.4, 0.5) is 0 Å². The maximum atomic E-state index is 13.1. The summed E-state index contributed by atoms with van der Waals surface area (Å²) in [7, 11) is 3.39. The third-order valence-electron chi connectivity index (χ3n) is 6.00. The fourth-order valence-electron chi connectivity index (χ4n) is 4.32. The Hall–Kier alpha value is -3.52. The first-order valence-electron chi connectivity index (χ1n) is 10.2. The smallest absolute Gasteiger partial charge is 0.345 e. The van der Waals surface area contributed by atoms with Gasteiger partial charge in [-0.1, -0.05) is 18.2 Å². The lowest BCUT2D eigenvalue weighted by Gasteiger charge is -2.43. The Kier molecular flexibility index (Phi) is 5.32. The summed E-state index contributed by atoms with van der Waals surface area (Å²) in [4.78, 5) is 47.9. The van der Waals surface area contributed by atoms with E-state index >= 15 is 0 Å². The quantitative estimate of drug-likeness (QED) is 0.396. The number of pyridine rings is 1. The molecular weight excluding hydrogens is 396 g/mol. The second-order valence-electron chi connectivity index (χ2n) is 8.09. The molecule has 8 nitrogen and oxygen atoms in total. The second kappa shape index (κ2) is 7.96. The highest BCUT2D eigenvalue weighted by Gasteiger charge is 2.43. The van der Waals surface area contributed by atoms with E-state index in [-0.39, 0.29) is 22.0 Å². The number of quaternary nitrogens is 1. The first-order chi connectivity index (χ1) is 14.9. The van der Waals surface area contributed by atoms with Gasteiger partial charge in [0.25, 0.3) is 11.7 Å². The number of fused-ring (bicyclic) bond motifs is 1.